The average Bonchev–Trinajstić information content (AvgIpc) is 2.90. The molecule has 0 unspecified atom stereocenters. The van der Waals surface area contributed by atoms with E-state index in [1.807, 2.05) is 18.6 Å². The standard InChI is InChI=1S/C14H15ClN2O4S/c1-9(2)13-12(16-8-21-13)14(18)17-22(19,20)7-10-5-3-4-6-11(10)15/h3-6,8-9H,7H2,1-2H3,(H,17,18). The number of hydrogen-bond acceptors (Lipinski definition) is 5. The molecular weight excluding hydrogens is 328 g/mol. The number of rotatable bonds is 5. The summed E-state index contributed by atoms with van der Waals surface area (Å²) in [6, 6.07) is 6.54. The SMILES string of the molecule is CC(C)c1ocnc1C(=O)NS(=O)(=O)Cc1ccccc1Cl. The van der Waals surface area contributed by atoms with Gasteiger partial charge in [-0.1, -0.05) is 43.6 Å². The molecule has 6 nitrogen and oxygen atoms in total. The van der Waals surface area contributed by atoms with Gasteiger partial charge in [0, 0.05) is 10.9 Å². The highest BCUT2D eigenvalue weighted by Gasteiger charge is 2.24. The second-order valence-electron chi connectivity index (χ2n) is 5.00. The van der Waals surface area contributed by atoms with Gasteiger partial charge in [0.25, 0.3) is 5.91 Å². The minimum Gasteiger partial charge on any atom is -0.447 e. The predicted octanol–water partition coefficient (Wildman–Crippen LogP) is 2.71. The van der Waals surface area contributed by atoms with Crippen molar-refractivity contribution in [3.8, 4) is 0 Å². The minimum absolute atomic E-state index is 0.0299. The smallest absolute Gasteiger partial charge is 0.286 e. The van der Waals surface area contributed by atoms with Crippen LogP contribution in [0.3, 0.4) is 0 Å². The van der Waals surface area contributed by atoms with E-state index in [0.29, 0.717) is 16.3 Å². The Morgan fingerprint density at radius 3 is 2.68 bits per heavy atom. The molecule has 1 N–H and O–H groups in total. The monoisotopic (exact) mass is 342 g/mol. The fourth-order valence-corrected chi connectivity index (χ4v) is 3.28. The van der Waals surface area contributed by atoms with Crippen LogP contribution in [0.4, 0.5) is 0 Å². The van der Waals surface area contributed by atoms with Crippen molar-refractivity contribution in [2.45, 2.75) is 25.5 Å². The number of amides is 1. The van der Waals surface area contributed by atoms with Crippen LogP contribution in [0.5, 0.6) is 0 Å². The summed E-state index contributed by atoms with van der Waals surface area (Å²) in [6.45, 7) is 3.63. The molecule has 0 bridgehead atoms. The fraction of sp³-hybridized carbons (Fsp3) is 0.286. The maximum absolute atomic E-state index is 12.1. The van der Waals surface area contributed by atoms with E-state index >= 15 is 0 Å². The zero-order chi connectivity index (χ0) is 16.3. The molecule has 0 aliphatic carbocycles. The van der Waals surface area contributed by atoms with Gasteiger partial charge in [-0.05, 0) is 11.6 Å². The largest absolute Gasteiger partial charge is 0.447 e. The van der Waals surface area contributed by atoms with Crippen molar-refractivity contribution < 1.29 is 17.6 Å². The molecule has 1 amide bonds. The number of carbonyl (C=O) groups excluding carboxylic acids is 1. The van der Waals surface area contributed by atoms with Crippen LogP contribution in [0.15, 0.2) is 35.1 Å². The summed E-state index contributed by atoms with van der Waals surface area (Å²) in [5.41, 5.74) is 0.381. The van der Waals surface area contributed by atoms with Crippen LogP contribution in [0.2, 0.25) is 5.02 Å². The van der Waals surface area contributed by atoms with Gasteiger partial charge in [0.2, 0.25) is 10.0 Å². The van der Waals surface area contributed by atoms with Crippen molar-refractivity contribution in [1.82, 2.24) is 9.71 Å². The molecule has 0 atom stereocenters. The van der Waals surface area contributed by atoms with Crippen LogP contribution >= 0.6 is 11.6 Å². The van der Waals surface area contributed by atoms with Crippen molar-refractivity contribution in [2.24, 2.45) is 0 Å². The van der Waals surface area contributed by atoms with Gasteiger partial charge < -0.3 is 4.42 Å². The molecule has 2 aromatic rings. The van der Waals surface area contributed by atoms with Crippen molar-refractivity contribution in [1.29, 1.82) is 0 Å². The first kappa shape index (κ1) is 16.5. The normalized spacial score (nSPS) is 11.6. The number of oxazole rings is 1. The first-order valence-corrected chi connectivity index (χ1v) is 8.55. The quantitative estimate of drug-likeness (QED) is 0.902. The number of carbonyl (C=O) groups is 1. The van der Waals surface area contributed by atoms with E-state index < -0.39 is 21.7 Å². The molecule has 0 spiro atoms. The number of benzene rings is 1. The van der Waals surface area contributed by atoms with E-state index in [4.69, 9.17) is 16.0 Å². The lowest BCUT2D eigenvalue weighted by atomic mass is 10.1. The zero-order valence-corrected chi connectivity index (χ0v) is 13.6. The lowest BCUT2D eigenvalue weighted by molar-refractivity contribution is 0.0974. The van der Waals surface area contributed by atoms with Crippen LogP contribution in [0.1, 0.15) is 41.6 Å². The highest BCUT2D eigenvalue weighted by molar-refractivity contribution is 7.89. The summed E-state index contributed by atoms with van der Waals surface area (Å²) < 4.78 is 31.3. The predicted molar refractivity (Wildman–Crippen MR) is 82.1 cm³/mol. The lowest BCUT2D eigenvalue weighted by Crippen LogP contribution is -2.32. The number of nitrogens with zero attached hydrogens (tertiary/aromatic N) is 1. The Morgan fingerprint density at radius 1 is 1.36 bits per heavy atom. The Labute approximate surface area is 133 Å². The summed E-state index contributed by atoms with van der Waals surface area (Å²) >= 11 is 5.93. The van der Waals surface area contributed by atoms with E-state index in [9.17, 15) is 13.2 Å². The van der Waals surface area contributed by atoms with E-state index in [-0.39, 0.29) is 11.6 Å². The Balaban J connectivity index is 2.17. The van der Waals surface area contributed by atoms with Gasteiger partial charge in [0.15, 0.2) is 12.1 Å². The molecule has 118 valence electrons. The summed E-state index contributed by atoms with van der Waals surface area (Å²) in [5, 5.41) is 0.324. The molecule has 0 saturated heterocycles. The summed E-state index contributed by atoms with van der Waals surface area (Å²) in [4.78, 5) is 15.9. The highest BCUT2D eigenvalue weighted by Crippen LogP contribution is 2.20. The second-order valence-corrected chi connectivity index (χ2v) is 7.13. The molecule has 8 heteroatoms. The van der Waals surface area contributed by atoms with Crippen LogP contribution in [-0.4, -0.2) is 19.3 Å². The third-order valence-corrected chi connectivity index (χ3v) is 4.44. The van der Waals surface area contributed by atoms with Gasteiger partial charge in [-0.2, -0.15) is 0 Å². The van der Waals surface area contributed by atoms with Crippen molar-refractivity contribution >= 4 is 27.5 Å². The van der Waals surface area contributed by atoms with Crippen LogP contribution < -0.4 is 4.72 Å². The lowest BCUT2D eigenvalue weighted by Gasteiger charge is -2.08. The maximum atomic E-state index is 12.1. The molecule has 1 aromatic heterocycles. The van der Waals surface area contributed by atoms with E-state index in [1.54, 1.807) is 24.3 Å². The summed E-state index contributed by atoms with van der Waals surface area (Å²) in [5.74, 6) is -0.961. The van der Waals surface area contributed by atoms with Crippen molar-refractivity contribution in [3.05, 3.63) is 52.7 Å². The Hall–Kier alpha value is -1.86. The van der Waals surface area contributed by atoms with Crippen molar-refractivity contribution in [3.63, 3.8) is 0 Å². The molecule has 0 saturated carbocycles. The number of aromatic nitrogens is 1. The zero-order valence-electron chi connectivity index (χ0n) is 12.0. The Bertz CT molecular complexity index is 784. The van der Waals surface area contributed by atoms with Gasteiger partial charge in [-0.3, -0.25) is 4.79 Å². The van der Waals surface area contributed by atoms with Crippen LogP contribution in [0.25, 0.3) is 0 Å². The summed E-state index contributed by atoms with van der Waals surface area (Å²) in [6.07, 6.45) is 1.12. The molecule has 0 aliphatic heterocycles. The molecular formula is C14H15ClN2O4S. The maximum Gasteiger partial charge on any atom is 0.286 e. The molecule has 0 fully saturated rings. The van der Waals surface area contributed by atoms with Crippen LogP contribution in [0, 0.1) is 0 Å². The van der Waals surface area contributed by atoms with Gasteiger partial charge in [0.1, 0.15) is 5.76 Å². The first-order valence-electron chi connectivity index (χ1n) is 6.52. The van der Waals surface area contributed by atoms with E-state index in [2.05, 4.69) is 4.98 Å². The van der Waals surface area contributed by atoms with Crippen molar-refractivity contribution in [2.75, 3.05) is 0 Å². The molecule has 0 aliphatic rings. The first-order chi connectivity index (χ1) is 10.3. The van der Waals surface area contributed by atoms with Gasteiger partial charge in [-0.15, -0.1) is 0 Å². The Kier molecular flexibility index (Phi) is 4.87. The Morgan fingerprint density at radius 2 is 2.05 bits per heavy atom. The number of nitrogens with one attached hydrogen (secondary N) is 1. The number of halogens is 1. The molecule has 22 heavy (non-hydrogen) atoms. The average molecular weight is 343 g/mol. The summed E-state index contributed by atoms with van der Waals surface area (Å²) in [7, 11) is -3.89. The molecule has 2 rings (SSSR count). The molecule has 0 radical (unpaired) electrons. The van der Waals surface area contributed by atoms with Gasteiger partial charge >= 0.3 is 0 Å². The van der Waals surface area contributed by atoms with E-state index in [0.717, 1.165) is 6.39 Å². The third kappa shape index (κ3) is 3.86. The van der Waals surface area contributed by atoms with E-state index in [1.165, 1.54) is 0 Å². The van der Waals surface area contributed by atoms with Gasteiger partial charge in [0.05, 0.1) is 5.75 Å². The van der Waals surface area contributed by atoms with Gasteiger partial charge in [-0.25, -0.2) is 18.1 Å². The number of hydrogen-bond donors (Lipinski definition) is 1. The second kappa shape index (κ2) is 6.50. The number of sulfonamides is 1. The molecule has 1 heterocycles. The van der Waals surface area contributed by atoms with Crippen LogP contribution in [-0.2, 0) is 15.8 Å². The minimum atomic E-state index is -3.89. The molecule has 1 aromatic carbocycles. The fourth-order valence-electron chi connectivity index (χ4n) is 1.88. The topological polar surface area (TPSA) is 89.3 Å². The third-order valence-electron chi connectivity index (χ3n) is 2.89. The highest BCUT2D eigenvalue weighted by atomic mass is 35.5.